The third-order valence-corrected chi connectivity index (χ3v) is 24.7. The van der Waals surface area contributed by atoms with E-state index in [0.29, 0.717) is 82.7 Å². The molecule has 15 aromatic rings. The number of benzene rings is 7. The van der Waals surface area contributed by atoms with Crippen molar-refractivity contribution >= 4 is 70.3 Å². The second-order valence-corrected chi connectivity index (χ2v) is 41.0. The number of hydrogen-bond donors (Lipinski definition) is 7. The van der Waals surface area contributed by atoms with Gasteiger partial charge in [-0.1, -0.05) is 127 Å². The maximum atomic E-state index is 12.6. The Morgan fingerprint density at radius 3 is 1.11 bits per heavy atom. The first-order valence-corrected chi connectivity index (χ1v) is 50.8. The lowest BCUT2D eigenvalue weighted by atomic mass is 10.1. The molecule has 0 spiro atoms. The molecule has 22 rings (SSSR count). The van der Waals surface area contributed by atoms with Crippen molar-refractivity contribution in [1.29, 1.82) is 0 Å². The van der Waals surface area contributed by atoms with Gasteiger partial charge in [-0.05, 0) is 203 Å². The molecule has 0 saturated heterocycles. The molecular formula is C110H133ClIN25O9. The number of nitrogens with two attached hydrogens (primary N) is 1. The fraction of sp³-hybridized carbons (Fsp3) is 0.355. The van der Waals surface area contributed by atoms with Crippen LogP contribution in [0.4, 0.5) is 29.7 Å². The second-order valence-electron chi connectivity index (χ2n) is 39.4. The molecule has 0 unspecified atom stereocenters. The zero-order valence-corrected chi connectivity index (χ0v) is 88.1. The lowest BCUT2D eigenvalue weighted by molar-refractivity contribution is 0.0209. The number of H-pyrrole nitrogens is 3. The van der Waals surface area contributed by atoms with Gasteiger partial charge >= 0.3 is 30.4 Å². The van der Waals surface area contributed by atoms with Crippen LogP contribution in [-0.4, -0.2) is 207 Å². The molecule has 0 fully saturated rings. The SMILES string of the molecule is CC(C)(C)OC(=O)N1CCc2c(ncn2-c2ccccc2)C1.CC(C)(C)OC(=O)N1CCc2nc[nH]c2C1.CC(C)(C)OC(=O)N1CCc2ncn(-c3ccccc3)c2C1.CC(C)(C)OC(=O)N1CCc2ncn(-c3ccccc3)c2C1.Ic1ccccc1.NCCc1cnc[nH]1.O=C(Nc1cccc(Cl)c1)N1CCc2ncn(-c3ccccc3)c2C1.c1ccc(-n2cnc3c2CNCC3)cc1.c1nc2c([nH]1)CNCC2. The molecule has 15 heterocycles. The second kappa shape index (κ2) is 50.8. The largest absolute Gasteiger partial charge is 0.444 e. The van der Waals surface area contributed by atoms with E-state index in [4.69, 9.17) is 36.3 Å². The molecule has 6 amide bonds. The lowest BCUT2D eigenvalue weighted by Gasteiger charge is -2.30. The number of fused-ring (bicyclic) bond motifs is 7. The first kappa shape index (κ1) is 107. The number of rotatable bonds is 8. The van der Waals surface area contributed by atoms with Gasteiger partial charge in [0.15, 0.2) is 0 Å². The lowest BCUT2D eigenvalue weighted by Crippen LogP contribution is -2.40. The van der Waals surface area contributed by atoms with Gasteiger partial charge in [-0.2, -0.15) is 0 Å². The Bertz CT molecular complexity index is 6520. The van der Waals surface area contributed by atoms with Crippen molar-refractivity contribution < 1.29 is 42.9 Å². The number of carbonyl (C=O) groups excluding carboxylic acids is 5. The van der Waals surface area contributed by atoms with Crippen molar-refractivity contribution in [1.82, 2.24) is 113 Å². The van der Waals surface area contributed by atoms with E-state index in [0.717, 1.165) is 157 Å². The van der Waals surface area contributed by atoms with E-state index in [1.54, 1.807) is 61.8 Å². The molecule has 766 valence electrons. The Labute approximate surface area is 871 Å². The number of halogens is 2. The van der Waals surface area contributed by atoms with E-state index < -0.39 is 22.4 Å². The van der Waals surface area contributed by atoms with Crippen LogP contribution in [-0.2, 0) is 116 Å². The van der Waals surface area contributed by atoms with Gasteiger partial charge < -0.3 is 103 Å². The van der Waals surface area contributed by atoms with E-state index in [-0.39, 0.29) is 30.4 Å². The van der Waals surface area contributed by atoms with Crippen LogP contribution in [0, 0.1) is 3.57 Å². The third kappa shape index (κ3) is 31.3. The smallest absolute Gasteiger partial charge is 0.410 e. The molecule has 146 heavy (non-hydrogen) atoms. The zero-order valence-electron chi connectivity index (χ0n) is 85.1. The summed E-state index contributed by atoms with van der Waals surface area (Å²) in [5.41, 5.74) is 26.2. The van der Waals surface area contributed by atoms with E-state index in [9.17, 15) is 24.0 Å². The van der Waals surface area contributed by atoms with Crippen LogP contribution in [0.2, 0.25) is 5.02 Å². The molecule has 36 heteroatoms. The fourth-order valence-corrected chi connectivity index (χ4v) is 17.3. The summed E-state index contributed by atoms with van der Waals surface area (Å²) in [4.78, 5) is 113. The van der Waals surface area contributed by atoms with Gasteiger partial charge in [0.2, 0.25) is 0 Å². The molecule has 0 aliphatic carbocycles. The van der Waals surface area contributed by atoms with Crippen LogP contribution >= 0.6 is 34.2 Å². The highest BCUT2D eigenvalue weighted by Crippen LogP contribution is 2.31. The van der Waals surface area contributed by atoms with Crippen molar-refractivity contribution in [2.45, 2.75) is 203 Å². The molecular weight excluding hydrogens is 1980 g/mol. The summed E-state index contributed by atoms with van der Waals surface area (Å²) < 4.78 is 33.4. The molecule has 8 aromatic heterocycles. The van der Waals surface area contributed by atoms with Crippen LogP contribution < -0.4 is 21.7 Å². The van der Waals surface area contributed by atoms with Crippen LogP contribution in [0.5, 0.6) is 0 Å². The number of anilines is 1. The van der Waals surface area contributed by atoms with Gasteiger partial charge in [0.1, 0.15) is 22.4 Å². The molecule has 7 aromatic carbocycles. The van der Waals surface area contributed by atoms with Crippen molar-refractivity contribution in [3.05, 3.63) is 357 Å². The molecule has 0 atom stereocenters. The number of aromatic nitrogens is 16. The highest BCUT2D eigenvalue weighted by Gasteiger charge is 2.34. The Morgan fingerprint density at radius 1 is 0.363 bits per heavy atom. The molecule has 7 aliphatic heterocycles. The van der Waals surface area contributed by atoms with Crippen molar-refractivity contribution in [3.63, 3.8) is 0 Å². The average molecular weight is 2110 g/mol. The summed E-state index contributed by atoms with van der Waals surface area (Å²) in [5, 5.41) is 10.1. The van der Waals surface area contributed by atoms with Gasteiger partial charge in [0.25, 0.3) is 0 Å². The Morgan fingerprint density at radius 2 is 0.712 bits per heavy atom. The quantitative estimate of drug-likeness (QED) is 0.0549. The van der Waals surface area contributed by atoms with E-state index in [2.05, 4.69) is 151 Å². The number of para-hydroxylation sites is 5. The zero-order chi connectivity index (χ0) is 103. The molecule has 0 saturated carbocycles. The molecule has 8 N–H and O–H groups in total. The highest BCUT2D eigenvalue weighted by atomic mass is 127. The molecule has 0 bridgehead atoms. The fourth-order valence-electron chi connectivity index (χ4n) is 16.7. The van der Waals surface area contributed by atoms with Gasteiger partial charge in [-0.3, -0.25) is 0 Å². The van der Waals surface area contributed by atoms with Crippen molar-refractivity contribution in [3.8, 4) is 28.4 Å². The molecule has 7 aliphatic rings. The third-order valence-electron chi connectivity index (χ3n) is 23.7. The number of aromatic amines is 3. The Kier molecular flexibility index (Phi) is 37.3. The van der Waals surface area contributed by atoms with E-state index in [1.165, 1.54) is 37.7 Å². The first-order chi connectivity index (χ1) is 70.2. The number of urea groups is 1. The first-order valence-electron chi connectivity index (χ1n) is 49.3. The predicted octanol–water partition coefficient (Wildman–Crippen LogP) is 19.1. The maximum absolute atomic E-state index is 12.6. The van der Waals surface area contributed by atoms with Crippen LogP contribution in [0.25, 0.3) is 28.4 Å². The monoisotopic (exact) mass is 2110 g/mol. The van der Waals surface area contributed by atoms with E-state index in [1.807, 2.05) is 274 Å². The molecule has 34 nitrogen and oxygen atoms in total. The summed E-state index contributed by atoms with van der Waals surface area (Å²) in [5.74, 6) is 0. The number of hydrogen-bond acceptors (Lipinski definition) is 20. The number of ether oxygens (including phenoxy) is 4. The number of carbonyl (C=O) groups is 5. The normalized spacial score (nSPS) is 14.2. The minimum absolute atomic E-state index is 0.131. The highest BCUT2D eigenvalue weighted by molar-refractivity contribution is 14.1. The number of nitrogens with one attached hydrogen (secondary N) is 6. The van der Waals surface area contributed by atoms with Crippen LogP contribution in [0.15, 0.2) is 263 Å². The summed E-state index contributed by atoms with van der Waals surface area (Å²) in [6.45, 7) is 33.1. The van der Waals surface area contributed by atoms with Gasteiger partial charge in [-0.15, -0.1) is 0 Å². The maximum Gasteiger partial charge on any atom is 0.410 e. The topological polar surface area (TPSA) is 376 Å². The van der Waals surface area contributed by atoms with E-state index >= 15 is 0 Å². The van der Waals surface area contributed by atoms with Crippen molar-refractivity contribution in [2.75, 3.05) is 57.7 Å². The predicted molar refractivity (Wildman–Crippen MR) is 572 cm³/mol. The van der Waals surface area contributed by atoms with Gasteiger partial charge in [-0.25, -0.2) is 63.8 Å². The number of imidazole rings is 8. The van der Waals surface area contributed by atoms with Crippen molar-refractivity contribution in [2.24, 2.45) is 5.73 Å². The van der Waals surface area contributed by atoms with Crippen LogP contribution in [0.3, 0.4) is 0 Å². The Balaban J connectivity index is 0.000000133. The average Bonchev–Trinajstić information content (AvgIpc) is 1.66. The molecule has 0 radical (unpaired) electrons. The number of amides is 6. The standard InChI is InChI=1S/C19H17ClN4O.3C17H21N3O2.C12H13N3.C11H17N3O2.C6H5I.C6H9N3.C5H9N3/c20-14-5-4-6-15(11-14)22-19(25)23-10-9-17-18(12-23)24(13-21-17)16-7-2-1-3-8-16;1-17(2,3)22-16(21)19-10-9-15-14(11-19)18-12-20(15)13-7-5-4-6-8-13;2*1-17(2,3)22-16(21)19-10-9-14-15(11-19)20(12-18-14)13-7-5-4-6-8-13;1-2-4-10(5-3-1)15-9-14-11-6-7-13-8-12(11)15;1-11(2,3)16-10(15)14-5-4-8-9(6-14)13-7-12-8;7-6-4-2-1-3-5-6;1-2-7-3-6-5(1)8-4-9-6;6-2-1-5-3-7-4-8-5/h1-8,11,13H,9-10,12H2,(H,22,25);3*4-8,12H,9-11H2,1-3H3;1-5,9,13H,6-8H2;7H,4-6H2,1-3H3,(H,12,13);1-5H;4,7H,1-3H2,(H,8,9);3-4H,1-2,6H2,(H,7,8). The Hall–Kier alpha value is -14.5. The van der Waals surface area contributed by atoms with Crippen LogP contribution in [0.1, 0.15) is 168 Å². The number of nitrogens with zero attached hydrogens (tertiary/aromatic N) is 18. The summed E-state index contributed by atoms with van der Waals surface area (Å²) in [7, 11) is 0. The minimum atomic E-state index is -0.475. The summed E-state index contributed by atoms with van der Waals surface area (Å²) in [6.07, 6.45) is 21.9. The summed E-state index contributed by atoms with van der Waals surface area (Å²) in [6, 6.07) is 67.9. The van der Waals surface area contributed by atoms with Gasteiger partial charge in [0.05, 0.1) is 157 Å². The summed E-state index contributed by atoms with van der Waals surface area (Å²) >= 11 is 8.26. The van der Waals surface area contributed by atoms with Gasteiger partial charge in [0, 0.05) is 171 Å². The minimum Gasteiger partial charge on any atom is -0.444 e.